The van der Waals surface area contributed by atoms with Gasteiger partial charge in [0.05, 0.1) is 0 Å². The third kappa shape index (κ3) is 3.69. The Hall–Kier alpha value is 1.06. The van der Waals surface area contributed by atoms with E-state index in [9.17, 15) is 0 Å². The van der Waals surface area contributed by atoms with Gasteiger partial charge in [-0.3, -0.25) is 0 Å². The van der Waals surface area contributed by atoms with Crippen LogP contribution in [0.4, 0.5) is 0 Å². The van der Waals surface area contributed by atoms with Crippen LogP contribution in [0.2, 0.25) is 0 Å². The first-order valence-electron chi connectivity index (χ1n) is 3.34. The summed E-state index contributed by atoms with van der Waals surface area (Å²) in [6, 6.07) is 0. The Morgan fingerprint density at radius 2 is 1.56 bits per heavy atom. The summed E-state index contributed by atoms with van der Waals surface area (Å²) in [5.41, 5.74) is 0.585. The molecular formula is C7H14NY-. The summed E-state index contributed by atoms with van der Waals surface area (Å²) in [5.74, 6) is 0. The molecule has 0 unspecified atom stereocenters. The largest absolute Gasteiger partial charge is 0.662 e. The van der Waals surface area contributed by atoms with Gasteiger partial charge in [-0.25, -0.2) is 0 Å². The van der Waals surface area contributed by atoms with Crippen molar-refractivity contribution in [3.63, 3.8) is 0 Å². The second-order valence-corrected chi connectivity index (χ2v) is 3.34. The molecule has 0 amide bonds. The van der Waals surface area contributed by atoms with Crippen LogP contribution in [0, 0.1) is 5.41 Å². The molecule has 1 heterocycles. The zero-order valence-corrected chi connectivity index (χ0v) is 9.19. The molecule has 1 fully saturated rings. The monoisotopic (exact) mass is 201 g/mol. The fraction of sp³-hybridized carbons (Fsp3) is 1.00. The number of piperidine rings is 1. The van der Waals surface area contributed by atoms with E-state index in [0.717, 1.165) is 13.1 Å². The number of hydrogen-bond acceptors (Lipinski definition) is 0. The molecule has 0 atom stereocenters. The SMILES string of the molecule is CC1(C)CC[N-]CC1.[Y]. The average molecular weight is 201 g/mol. The van der Waals surface area contributed by atoms with Crippen LogP contribution in [0.3, 0.4) is 0 Å². The molecule has 0 N–H and O–H groups in total. The predicted octanol–water partition coefficient (Wildman–Crippen LogP) is 2.18. The third-order valence-electron chi connectivity index (χ3n) is 1.89. The van der Waals surface area contributed by atoms with Crippen molar-refractivity contribution in [2.24, 2.45) is 5.41 Å². The molecule has 2 heteroatoms. The van der Waals surface area contributed by atoms with Crippen molar-refractivity contribution in [3.8, 4) is 0 Å². The predicted molar refractivity (Wildman–Crippen MR) is 36.1 cm³/mol. The van der Waals surface area contributed by atoms with E-state index in [1.54, 1.807) is 0 Å². The molecule has 1 saturated heterocycles. The molecule has 0 aromatic heterocycles. The molecule has 1 radical (unpaired) electrons. The van der Waals surface area contributed by atoms with Crippen molar-refractivity contribution in [1.29, 1.82) is 0 Å². The van der Waals surface area contributed by atoms with Crippen molar-refractivity contribution >= 4 is 0 Å². The maximum absolute atomic E-state index is 4.27. The molecule has 1 nitrogen and oxygen atoms in total. The van der Waals surface area contributed by atoms with E-state index in [4.69, 9.17) is 0 Å². The van der Waals surface area contributed by atoms with Crippen molar-refractivity contribution < 1.29 is 32.7 Å². The Labute approximate surface area is 82.9 Å². The van der Waals surface area contributed by atoms with Gasteiger partial charge < -0.3 is 5.32 Å². The fourth-order valence-electron chi connectivity index (χ4n) is 1.00. The second-order valence-electron chi connectivity index (χ2n) is 3.34. The molecule has 1 aliphatic rings. The summed E-state index contributed by atoms with van der Waals surface area (Å²) in [6.45, 7) is 6.82. The Balaban J connectivity index is 0.000000640. The van der Waals surface area contributed by atoms with Crippen LogP contribution >= 0.6 is 0 Å². The summed E-state index contributed by atoms with van der Waals surface area (Å²) in [6.07, 6.45) is 2.57. The van der Waals surface area contributed by atoms with Gasteiger partial charge in [0.2, 0.25) is 0 Å². The van der Waals surface area contributed by atoms with Gasteiger partial charge >= 0.3 is 0 Å². The van der Waals surface area contributed by atoms with Gasteiger partial charge in [0, 0.05) is 32.7 Å². The van der Waals surface area contributed by atoms with Gasteiger partial charge in [0.15, 0.2) is 0 Å². The van der Waals surface area contributed by atoms with Crippen LogP contribution in [-0.4, -0.2) is 13.1 Å². The van der Waals surface area contributed by atoms with Gasteiger partial charge in [-0.1, -0.05) is 26.7 Å². The average Bonchev–Trinajstić information content (AvgIpc) is 1.65. The zero-order chi connectivity index (χ0) is 6.04. The van der Waals surface area contributed by atoms with Crippen LogP contribution in [0.25, 0.3) is 5.32 Å². The first-order chi connectivity index (χ1) is 3.71. The smallest absolute Gasteiger partial charge is 0 e. The Bertz CT molecular complexity index is 73.0. The molecule has 0 aromatic carbocycles. The van der Waals surface area contributed by atoms with Crippen LogP contribution in [-0.2, 0) is 32.7 Å². The van der Waals surface area contributed by atoms with E-state index in [1.165, 1.54) is 12.8 Å². The van der Waals surface area contributed by atoms with Crippen LogP contribution < -0.4 is 0 Å². The molecule has 0 spiro atoms. The molecule has 0 bridgehead atoms. The van der Waals surface area contributed by atoms with Crippen LogP contribution in [0.1, 0.15) is 26.7 Å². The standard InChI is InChI=1S/C7H14N.Y/c1-7(2)3-5-8-6-4-7;/h3-6H2,1-2H3;/q-1;. The topological polar surface area (TPSA) is 14.1 Å². The fourth-order valence-corrected chi connectivity index (χ4v) is 1.00. The van der Waals surface area contributed by atoms with Gasteiger partial charge in [0.1, 0.15) is 0 Å². The van der Waals surface area contributed by atoms with Crippen molar-refractivity contribution in [2.45, 2.75) is 26.7 Å². The molecule has 51 valence electrons. The van der Waals surface area contributed by atoms with Gasteiger partial charge in [-0.05, 0) is 5.41 Å². The summed E-state index contributed by atoms with van der Waals surface area (Å²) in [7, 11) is 0. The first-order valence-corrected chi connectivity index (χ1v) is 3.34. The molecule has 1 aliphatic heterocycles. The van der Waals surface area contributed by atoms with Crippen molar-refractivity contribution in [3.05, 3.63) is 5.32 Å². The molecule has 0 aliphatic carbocycles. The number of nitrogens with zero attached hydrogens (tertiary/aromatic N) is 1. The van der Waals surface area contributed by atoms with E-state index < -0.39 is 0 Å². The minimum absolute atomic E-state index is 0. The Morgan fingerprint density at radius 1 is 1.11 bits per heavy atom. The Kier molecular flexibility index (Phi) is 4.53. The van der Waals surface area contributed by atoms with Gasteiger partial charge in [0.25, 0.3) is 0 Å². The minimum atomic E-state index is 0. The van der Waals surface area contributed by atoms with E-state index in [0.29, 0.717) is 5.41 Å². The number of hydrogen-bond donors (Lipinski definition) is 0. The summed E-state index contributed by atoms with van der Waals surface area (Å²) in [4.78, 5) is 0. The van der Waals surface area contributed by atoms with E-state index in [1.807, 2.05) is 0 Å². The van der Waals surface area contributed by atoms with Crippen LogP contribution in [0.15, 0.2) is 0 Å². The minimum Gasteiger partial charge on any atom is -0.662 e. The molecule has 0 aromatic rings. The molecular weight excluding hydrogens is 187 g/mol. The summed E-state index contributed by atoms with van der Waals surface area (Å²) in [5, 5.41) is 4.27. The van der Waals surface area contributed by atoms with Crippen molar-refractivity contribution in [2.75, 3.05) is 13.1 Å². The van der Waals surface area contributed by atoms with Gasteiger partial charge in [-0.15, -0.1) is 13.1 Å². The molecule has 0 saturated carbocycles. The maximum Gasteiger partial charge on any atom is 0 e. The summed E-state index contributed by atoms with van der Waals surface area (Å²) < 4.78 is 0. The maximum atomic E-state index is 4.27. The molecule has 1 rings (SSSR count). The van der Waals surface area contributed by atoms with Crippen LogP contribution in [0.5, 0.6) is 0 Å². The van der Waals surface area contributed by atoms with E-state index in [2.05, 4.69) is 19.2 Å². The van der Waals surface area contributed by atoms with Crippen molar-refractivity contribution in [1.82, 2.24) is 0 Å². The normalized spacial score (nSPS) is 24.7. The quantitative estimate of drug-likeness (QED) is 0.570. The zero-order valence-electron chi connectivity index (χ0n) is 6.35. The first kappa shape index (κ1) is 10.1. The molecule has 9 heavy (non-hydrogen) atoms. The Morgan fingerprint density at radius 3 is 1.78 bits per heavy atom. The summed E-state index contributed by atoms with van der Waals surface area (Å²) >= 11 is 0. The second kappa shape index (κ2) is 4.05. The van der Waals surface area contributed by atoms with E-state index >= 15 is 0 Å². The van der Waals surface area contributed by atoms with Gasteiger partial charge in [-0.2, -0.15) is 0 Å². The third-order valence-corrected chi connectivity index (χ3v) is 1.89. The number of rotatable bonds is 0. The van der Waals surface area contributed by atoms with E-state index in [-0.39, 0.29) is 32.7 Å².